The molecule has 152 valence electrons. The number of esters is 1. The molecule has 0 saturated heterocycles. The minimum absolute atomic E-state index is 0.0683. The SMILES string of the molecule is Nc1cc([N+](=O)[O-])ccc1C(=O)OCC(=O)Nc1ccccc1Oc1ccccc1. The molecule has 0 aliphatic rings. The number of para-hydroxylation sites is 3. The molecule has 0 aromatic heterocycles. The molecule has 0 unspecified atom stereocenters. The number of nitro benzene ring substituents is 1. The Labute approximate surface area is 171 Å². The molecule has 3 aromatic rings. The van der Waals surface area contributed by atoms with E-state index >= 15 is 0 Å². The zero-order valence-corrected chi connectivity index (χ0v) is 15.6. The Morgan fingerprint density at radius 3 is 2.40 bits per heavy atom. The maximum atomic E-state index is 12.2. The lowest BCUT2D eigenvalue weighted by Gasteiger charge is -2.12. The van der Waals surface area contributed by atoms with E-state index in [-0.39, 0.29) is 16.9 Å². The van der Waals surface area contributed by atoms with E-state index in [0.29, 0.717) is 17.2 Å². The number of ether oxygens (including phenoxy) is 2. The third-order valence-corrected chi connectivity index (χ3v) is 3.93. The molecule has 9 nitrogen and oxygen atoms in total. The monoisotopic (exact) mass is 407 g/mol. The first-order valence-electron chi connectivity index (χ1n) is 8.77. The average molecular weight is 407 g/mol. The summed E-state index contributed by atoms with van der Waals surface area (Å²) < 4.78 is 10.7. The molecule has 3 rings (SSSR count). The smallest absolute Gasteiger partial charge is 0.340 e. The highest BCUT2D eigenvalue weighted by atomic mass is 16.6. The molecular formula is C21H17N3O6. The van der Waals surface area contributed by atoms with Gasteiger partial charge in [-0.3, -0.25) is 14.9 Å². The van der Waals surface area contributed by atoms with Crippen LogP contribution in [0.5, 0.6) is 11.5 Å². The maximum absolute atomic E-state index is 12.2. The van der Waals surface area contributed by atoms with Crippen LogP contribution in [0.25, 0.3) is 0 Å². The molecule has 30 heavy (non-hydrogen) atoms. The van der Waals surface area contributed by atoms with Crippen molar-refractivity contribution in [3.05, 3.63) is 88.5 Å². The molecular weight excluding hydrogens is 390 g/mol. The van der Waals surface area contributed by atoms with Crippen LogP contribution in [0.3, 0.4) is 0 Å². The van der Waals surface area contributed by atoms with Gasteiger partial charge in [-0.25, -0.2) is 4.79 Å². The number of benzene rings is 3. The Hall–Kier alpha value is -4.40. The van der Waals surface area contributed by atoms with Gasteiger partial charge >= 0.3 is 5.97 Å². The first-order chi connectivity index (χ1) is 14.4. The number of non-ortho nitro benzene ring substituents is 1. The van der Waals surface area contributed by atoms with Crippen molar-refractivity contribution in [3.63, 3.8) is 0 Å². The van der Waals surface area contributed by atoms with Crippen molar-refractivity contribution < 1.29 is 24.0 Å². The molecule has 0 atom stereocenters. The summed E-state index contributed by atoms with van der Waals surface area (Å²) in [5.41, 5.74) is 5.63. The summed E-state index contributed by atoms with van der Waals surface area (Å²) in [6.45, 7) is -0.574. The third-order valence-electron chi connectivity index (χ3n) is 3.93. The van der Waals surface area contributed by atoms with E-state index in [1.165, 1.54) is 6.07 Å². The van der Waals surface area contributed by atoms with Crippen molar-refractivity contribution >= 4 is 28.9 Å². The Morgan fingerprint density at radius 2 is 1.70 bits per heavy atom. The Morgan fingerprint density at radius 1 is 1.00 bits per heavy atom. The van der Waals surface area contributed by atoms with Crippen LogP contribution in [-0.4, -0.2) is 23.4 Å². The normalized spacial score (nSPS) is 10.1. The highest BCUT2D eigenvalue weighted by Gasteiger charge is 2.17. The molecule has 3 N–H and O–H groups in total. The predicted octanol–water partition coefficient (Wildman–Crippen LogP) is 3.76. The molecule has 0 aliphatic carbocycles. The van der Waals surface area contributed by atoms with Gasteiger partial charge in [0.15, 0.2) is 12.4 Å². The van der Waals surface area contributed by atoms with Crippen LogP contribution >= 0.6 is 0 Å². The zero-order valence-electron chi connectivity index (χ0n) is 15.6. The summed E-state index contributed by atoms with van der Waals surface area (Å²) in [6, 6.07) is 19.2. The van der Waals surface area contributed by atoms with Gasteiger partial charge in [-0.1, -0.05) is 30.3 Å². The number of nitrogens with zero attached hydrogens (tertiary/aromatic N) is 1. The van der Waals surface area contributed by atoms with Crippen molar-refractivity contribution in [2.24, 2.45) is 0 Å². The Bertz CT molecular complexity index is 1090. The van der Waals surface area contributed by atoms with Gasteiger partial charge in [0, 0.05) is 12.1 Å². The van der Waals surface area contributed by atoms with E-state index in [4.69, 9.17) is 15.2 Å². The number of nitrogens with two attached hydrogens (primary N) is 1. The van der Waals surface area contributed by atoms with Crippen LogP contribution in [0.2, 0.25) is 0 Å². The fourth-order valence-corrected chi connectivity index (χ4v) is 2.52. The largest absolute Gasteiger partial charge is 0.455 e. The average Bonchev–Trinajstić information content (AvgIpc) is 2.74. The van der Waals surface area contributed by atoms with Gasteiger partial charge in [-0.15, -0.1) is 0 Å². The number of nitro groups is 1. The van der Waals surface area contributed by atoms with Crippen LogP contribution < -0.4 is 15.8 Å². The van der Waals surface area contributed by atoms with Crippen molar-refractivity contribution in [2.45, 2.75) is 0 Å². The van der Waals surface area contributed by atoms with Crippen LogP contribution in [0.1, 0.15) is 10.4 Å². The van der Waals surface area contributed by atoms with Crippen molar-refractivity contribution in [3.8, 4) is 11.5 Å². The number of carbonyl (C=O) groups excluding carboxylic acids is 2. The van der Waals surface area contributed by atoms with Crippen LogP contribution in [0.4, 0.5) is 17.1 Å². The number of carbonyl (C=O) groups is 2. The fourth-order valence-electron chi connectivity index (χ4n) is 2.52. The number of anilines is 2. The topological polar surface area (TPSA) is 134 Å². The molecule has 1 amide bonds. The molecule has 0 heterocycles. The number of hydrogen-bond acceptors (Lipinski definition) is 7. The van der Waals surface area contributed by atoms with Gasteiger partial charge in [-0.2, -0.15) is 0 Å². The van der Waals surface area contributed by atoms with Gasteiger partial charge in [-0.05, 0) is 30.3 Å². The molecule has 0 spiro atoms. The zero-order chi connectivity index (χ0) is 21.5. The first kappa shape index (κ1) is 20.3. The summed E-state index contributed by atoms with van der Waals surface area (Å²) in [7, 11) is 0. The summed E-state index contributed by atoms with van der Waals surface area (Å²) in [5.74, 6) is -0.443. The number of amides is 1. The quantitative estimate of drug-likeness (QED) is 0.263. The van der Waals surface area contributed by atoms with Crippen LogP contribution in [-0.2, 0) is 9.53 Å². The van der Waals surface area contributed by atoms with E-state index in [1.807, 2.05) is 18.2 Å². The van der Waals surface area contributed by atoms with Crippen LogP contribution in [0.15, 0.2) is 72.8 Å². The van der Waals surface area contributed by atoms with Crippen LogP contribution in [0, 0.1) is 10.1 Å². The van der Waals surface area contributed by atoms with E-state index in [2.05, 4.69) is 5.32 Å². The van der Waals surface area contributed by atoms with E-state index in [0.717, 1.165) is 12.1 Å². The number of hydrogen-bond donors (Lipinski definition) is 2. The van der Waals surface area contributed by atoms with Crippen molar-refractivity contribution in [2.75, 3.05) is 17.7 Å². The lowest BCUT2D eigenvalue weighted by atomic mass is 10.1. The molecule has 9 heteroatoms. The third kappa shape index (κ3) is 5.10. The van der Waals surface area contributed by atoms with Gasteiger partial charge in [0.2, 0.25) is 0 Å². The Balaban J connectivity index is 1.61. The molecule has 0 bridgehead atoms. The second-order valence-corrected chi connectivity index (χ2v) is 6.06. The lowest BCUT2D eigenvalue weighted by molar-refractivity contribution is -0.384. The molecule has 0 radical (unpaired) electrons. The second-order valence-electron chi connectivity index (χ2n) is 6.06. The fraction of sp³-hybridized carbons (Fsp3) is 0.0476. The summed E-state index contributed by atoms with van der Waals surface area (Å²) >= 11 is 0. The standard InChI is InChI=1S/C21H17N3O6/c22-17-12-14(24(27)28)10-11-16(17)21(26)29-13-20(25)23-18-8-4-5-9-19(18)30-15-6-2-1-3-7-15/h1-12H,13,22H2,(H,23,25). The highest BCUT2D eigenvalue weighted by molar-refractivity contribution is 5.98. The minimum atomic E-state index is -0.869. The van der Waals surface area contributed by atoms with E-state index in [1.54, 1.807) is 36.4 Å². The summed E-state index contributed by atoms with van der Waals surface area (Å²) in [4.78, 5) is 34.5. The minimum Gasteiger partial charge on any atom is -0.455 e. The second kappa shape index (κ2) is 9.20. The van der Waals surface area contributed by atoms with Gasteiger partial charge in [0.05, 0.1) is 21.9 Å². The highest BCUT2D eigenvalue weighted by Crippen LogP contribution is 2.29. The molecule has 0 aliphatic heterocycles. The predicted molar refractivity (Wildman–Crippen MR) is 109 cm³/mol. The van der Waals surface area contributed by atoms with E-state index < -0.39 is 23.4 Å². The van der Waals surface area contributed by atoms with Crippen molar-refractivity contribution in [1.29, 1.82) is 0 Å². The number of nitrogens with one attached hydrogen (secondary N) is 1. The summed E-state index contributed by atoms with van der Waals surface area (Å²) in [5, 5.41) is 13.4. The van der Waals surface area contributed by atoms with Gasteiger partial charge < -0.3 is 20.5 Å². The van der Waals surface area contributed by atoms with Gasteiger partial charge in [0.25, 0.3) is 11.6 Å². The first-order valence-corrected chi connectivity index (χ1v) is 8.77. The van der Waals surface area contributed by atoms with Gasteiger partial charge in [0.1, 0.15) is 5.75 Å². The van der Waals surface area contributed by atoms with E-state index in [9.17, 15) is 19.7 Å². The maximum Gasteiger partial charge on any atom is 0.340 e. The molecule has 0 saturated carbocycles. The number of rotatable bonds is 7. The summed E-state index contributed by atoms with van der Waals surface area (Å²) in [6.07, 6.45) is 0. The number of nitrogen functional groups attached to an aromatic ring is 1. The Kier molecular flexibility index (Phi) is 6.23. The molecule has 0 fully saturated rings. The van der Waals surface area contributed by atoms with Crippen molar-refractivity contribution in [1.82, 2.24) is 0 Å². The molecule has 3 aromatic carbocycles. The lowest BCUT2D eigenvalue weighted by Crippen LogP contribution is -2.21.